The Morgan fingerprint density at radius 1 is 0.304 bits per heavy atom. The van der Waals surface area contributed by atoms with Crippen LogP contribution < -0.4 is 31.9 Å². The van der Waals surface area contributed by atoms with Crippen molar-refractivity contribution in [2.45, 2.75) is 57.7 Å². The highest BCUT2D eigenvalue weighted by atomic mass is 33.1. The maximum atomic E-state index is 14.0. The van der Waals surface area contributed by atoms with E-state index in [1.165, 1.54) is 24.3 Å². The second-order valence-corrected chi connectivity index (χ2v) is 31.9. The van der Waals surface area contributed by atoms with Crippen LogP contribution in [0, 0.1) is 0 Å². The monoisotopic (exact) mass is 1460 g/mol. The molecule has 10 bridgehead atoms. The van der Waals surface area contributed by atoms with Crippen LogP contribution in [0.3, 0.4) is 0 Å². The first-order chi connectivity index (χ1) is 43.6. The predicted molar refractivity (Wildman–Crippen MR) is 353 cm³/mol. The minimum absolute atomic E-state index is 0.0117. The first-order valence-electron chi connectivity index (χ1n) is 26.1. The Bertz CT molecular complexity index is 3390. The van der Waals surface area contributed by atoms with Crippen LogP contribution in [0.15, 0.2) is 72.8 Å². The van der Waals surface area contributed by atoms with Crippen molar-refractivity contribution in [3.05, 3.63) is 140 Å². The Balaban J connectivity index is 1.44. The fourth-order valence-electron chi connectivity index (χ4n) is 7.76. The van der Waals surface area contributed by atoms with Crippen molar-refractivity contribution in [1.82, 2.24) is 31.9 Å². The van der Waals surface area contributed by atoms with Gasteiger partial charge in [0, 0.05) is 92.5 Å². The van der Waals surface area contributed by atoms with Gasteiger partial charge in [-0.05, 0) is 82.9 Å². The SMILES string of the molecule is O=C(O)c1cc2cc(c1)CSS[C@H](C(=O)O)CNC(=O)c1cc3cc(c1)C(=O)N[C@H](C(=O)O)CSSC[C@@H](C(=O)O)NC(=O)c1cc(cc(c1)C(=O)N[C@@H](C(=O)O)CSSCc1cc(cc(C(=O)O)c1)CSS[C@H](C(=O)O)CNC3=O)C(=O)N[C@@H](C(=O)O)CSSC2. The number of fused-ring (bicyclic) bond motifs is 17. The van der Waals surface area contributed by atoms with Gasteiger partial charge in [0.15, 0.2) is 0 Å². The Hall–Kier alpha value is -7.04. The molecule has 14 N–H and O–H groups in total. The third-order valence-corrected chi connectivity index (χ3v) is 24.8. The van der Waals surface area contributed by atoms with Crippen LogP contribution in [0.4, 0.5) is 0 Å². The van der Waals surface area contributed by atoms with Crippen molar-refractivity contribution in [1.29, 1.82) is 0 Å². The second-order valence-electron chi connectivity index (χ2n) is 19.2. The zero-order valence-corrected chi connectivity index (χ0v) is 55.0. The topological polar surface area (TPSA) is 473 Å². The molecule has 0 unspecified atom stereocenters. The van der Waals surface area contributed by atoms with E-state index >= 15 is 0 Å². The average molecular weight is 1460 g/mol. The van der Waals surface area contributed by atoms with Crippen LogP contribution in [0.2, 0.25) is 0 Å². The molecule has 2 aliphatic heterocycles. The van der Waals surface area contributed by atoms with Gasteiger partial charge in [-0.1, -0.05) is 120 Å². The Morgan fingerprint density at radius 2 is 0.543 bits per heavy atom. The van der Waals surface area contributed by atoms with Crippen molar-refractivity contribution in [2.75, 3.05) is 36.1 Å². The van der Waals surface area contributed by atoms with Crippen molar-refractivity contribution >= 4 is 191 Å². The lowest BCUT2D eigenvalue weighted by atomic mass is 10.0. The molecule has 6 rings (SSSR count). The molecule has 0 saturated heterocycles. The molecule has 0 aliphatic carbocycles. The summed E-state index contributed by atoms with van der Waals surface area (Å²) in [6, 6.07) is 7.33. The first kappa shape index (κ1) is 74.0. The van der Waals surface area contributed by atoms with Gasteiger partial charge in [-0.15, -0.1) is 0 Å². The minimum Gasteiger partial charge on any atom is -0.480 e. The lowest BCUT2D eigenvalue weighted by Gasteiger charge is -2.18. The van der Waals surface area contributed by atoms with Gasteiger partial charge in [0.25, 0.3) is 35.4 Å². The number of carbonyl (C=O) groups excluding carboxylic acids is 6. The van der Waals surface area contributed by atoms with E-state index in [2.05, 4.69) is 31.9 Å². The highest BCUT2D eigenvalue weighted by Gasteiger charge is 2.30. The van der Waals surface area contributed by atoms with Gasteiger partial charge >= 0.3 is 47.8 Å². The molecule has 6 atom stereocenters. The summed E-state index contributed by atoms with van der Waals surface area (Å²) in [5, 5.41) is 92.4. The van der Waals surface area contributed by atoms with Crippen LogP contribution in [-0.4, -0.2) is 195 Å². The fraction of sp³-hybridized carbons (Fsp3) is 0.296. The first-order valence-corrected chi connectivity index (χ1v) is 38.4. The lowest BCUT2D eigenvalue weighted by Crippen LogP contribution is -2.44. The van der Waals surface area contributed by atoms with Gasteiger partial charge in [-0.25, -0.2) is 28.8 Å². The molecule has 28 nitrogen and oxygen atoms in total. The van der Waals surface area contributed by atoms with E-state index in [9.17, 15) is 108 Å². The number of aromatic carboxylic acids is 2. The van der Waals surface area contributed by atoms with E-state index < -0.39 is 176 Å². The Labute approximate surface area is 560 Å². The molecule has 0 fully saturated rings. The number of carboxylic acid groups (broad SMARTS) is 8. The minimum atomic E-state index is -1.80. The summed E-state index contributed by atoms with van der Waals surface area (Å²) in [4.78, 5) is 184. The molecule has 490 valence electrons. The van der Waals surface area contributed by atoms with Gasteiger partial charge in [0.2, 0.25) is 0 Å². The van der Waals surface area contributed by atoms with E-state index in [0.717, 1.165) is 123 Å². The summed E-state index contributed by atoms with van der Waals surface area (Å²) in [6.45, 7) is -1.15. The normalized spacial score (nSPS) is 21.1. The average Bonchev–Trinajstić information content (AvgIpc) is 0.964. The second kappa shape index (κ2) is 35.8. The lowest BCUT2D eigenvalue weighted by molar-refractivity contribution is -0.139. The fourth-order valence-corrected chi connectivity index (χ4v) is 19.1. The number of amides is 6. The number of carbonyl (C=O) groups is 14. The Morgan fingerprint density at radius 3 is 0.783 bits per heavy atom. The molecule has 0 aromatic heterocycles. The number of aliphatic carboxylic acids is 6. The number of nitrogens with one attached hydrogen (secondary N) is 6. The highest BCUT2D eigenvalue weighted by Crippen LogP contribution is 2.35. The van der Waals surface area contributed by atoms with Crippen LogP contribution >= 0.6 is 108 Å². The molecule has 38 heteroatoms. The Kier molecular flexibility index (Phi) is 28.8. The van der Waals surface area contributed by atoms with E-state index in [0.29, 0.717) is 43.8 Å². The predicted octanol–water partition coefficient (Wildman–Crippen LogP) is 5.22. The number of rotatable bonds is 8. The molecule has 6 amide bonds. The summed E-state index contributed by atoms with van der Waals surface area (Å²) in [5.41, 5.74) is -1.59. The zero-order chi connectivity index (χ0) is 67.3. The molecule has 0 radical (unpaired) electrons. The summed E-state index contributed by atoms with van der Waals surface area (Å²) in [7, 11) is 8.94. The number of hydrogen-bond donors (Lipinski definition) is 14. The third-order valence-electron chi connectivity index (χ3n) is 12.4. The summed E-state index contributed by atoms with van der Waals surface area (Å²) < 4.78 is 0. The van der Waals surface area contributed by atoms with Crippen LogP contribution in [0.1, 0.15) is 105 Å². The smallest absolute Gasteiger partial charge is 0.335 e. The molecule has 0 spiro atoms. The molecular formula is C54H52N6O22S10. The number of hydrogen-bond acceptors (Lipinski definition) is 24. The standard InChI is InChI=1S/C54H52N6O22S10/c61-41-27-7-28-9-29(8-27)43(63)59-37(51(75)76)21-87-88-22-38(52(77)78)60-46(66)32-11-30(44(64)57-35(49(71)72)19-85-83-15-23-1-25(5-33(3-23)47(67)68)17-89-91-39(13-55-41)53(79)80)10-31(12-32)45(65)58-36(50(73)74)20-86-84-16-24-2-26(6-34(4-24)48(69)70)18-90-92-40(54(81)82)14-56-42(28)62/h1-12,35-40H,13-22H2,(H,55,61)(H,56,62)(H,57,64)(H,58,65)(H,59,63)(H,60,66)(H,67,68)(H,69,70)(H,71,72)(H,73,74)(H,75,76)(H,77,78)(H,79,80)(H,81,82)/t35-,36-,37+,38+,39+,40+/m1/s1. The number of carboxylic acids is 8. The van der Waals surface area contributed by atoms with Crippen molar-refractivity contribution in [3.63, 3.8) is 0 Å². The molecule has 4 aromatic carbocycles. The maximum Gasteiger partial charge on any atom is 0.335 e. The highest BCUT2D eigenvalue weighted by molar-refractivity contribution is 8.77. The van der Waals surface area contributed by atoms with Crippen molar-refractivity contribution in [3.8, 4) is 0 Å². The van der Waals surface area contributed by atoms with Gasteiger partial charge in [0.05, 0.1) is 11.1 Å². The molecule has 92 heavy (non-hydrogen) atoms. The quantitative estimate of drug-likeness (QED) is 0.101. The van der Waals surface area contributed by atoms with Gasteiger partial charge < -0.3 is 72.8 Å². The van der Waals surface area contributed by atoms with E-state index in [4.69, 9.17) is 0 Å². The van der Waals surface area contributed by atoms with E-state index in [1.807, 2.05) is 0 Å². The summed E-state index contributed by atoms with van der Waals surface area (Å²) in [5.74, 6) is -20.1. The number of benzene rings is 4. The van der Waals surface area contributed by atoms with Crippen LogP contribution in [0.25, 0.3) is 0 Å². The molecular weight excluding hydrogens is 1410 g/mol. The van der Waals surface area contributed by atoms with Gasteiger partial charge in [-0.2, -0.15) is 0 Å². The molecule has 4 aromatic rings. The molecule has 2 heterocycles. The van der Waals surface area contributed by atoms with Gasteiger partial charge in [-0.3, -0.25) is 38.4 Å². The maximum absolute atomic E-state index is 14.0. The van der Waals surface area contributed by atoms with Crippen LogP contribution in [0.5, 0.6) is 0 Å². The molecule has 0 saturated carbocycles. The van der Waals surface area contributed by atoms with Crippen LogP contribution in [-0.2, 0) is 51.8 Å². The summed E-state index contributed by atoms with van der Waals surface area (Å²) >= 11 is 0. The largest absolute Gasteiger partial charge is 0.480 e. The molecule has 2 aliphatic rings. The van der Waals surface area contributed by atoms with E-state index in [1.54, 1.807) is 12.1 Å². The third kappa shape index (κ3) is 22.9. The van der Waals surface area contributed by atoms with Crippen molar-refractivity contribution < 1.29 is 108 Å². The van der Waals surface area contributed by atoms with Crippen molar-refractivity contribution in [2.24, 2.45) is 0 Å². The van der Waals surface area contributed by atoms with E-state index in [-0.39, 0.29) is 45.6 Å². The van der Waals surface area contributed by atoms with Gasteiger partial charge in [0.1, 0.15) is 34.7 Å². The zero-order valence-electron chi connectivity index (χ0n) is 46.8. The summed E-state index contributed by atoms with van der Waals surface area (Å²) in [6.07, 6.45) is 0.